The maximum Gasteiger partial charge on any atom is 0.202 e. The lowest BCUT2D eigenvalue weighted by atomic mass is 10.4. The molecule has 58 valence electrons. The van der Waals surface area contributed by atoms with Crippen LogP contribution in [0.3, 0.4) is 0 Å². The molecule has 0 aliphatic heterocycles. The predicted molar refractivity (Wildman–Crippen MR) is 51.7 cm³/mol. The molecule has 0 aromatic carbocycles. The second kappa shape index (κ2) is 4.75. The van der Waals surface area contributed by atoms with Crippen LogP contribution in [0.1, 0.15) is 19.8 Å². The summed E-state index contributed by atoms with van der Waals surface area (Å²) in [6.07, 6.45) is 2.39. The summed E-state index contributed by atoms with van der Waals surface area (Å²) in [5.41, 5.74) is 3.77. The van der Waals surface area contributed by atoms with Crippen molar-refractivity contribution >= 4 is 18.5 Å². The van der Waals surface area contributed by atoms with Crippen LogP contribution in [0.25, 0.3) is 0 Å². The van der Waals surface area contributed by atoms with Gasteiger partial charge in [-0.2, -0.15) is 11.1 Å². The van der Waals surface area contributed by atoms with Gasteiger partial charge in [0.2, 0.25) is 7.38 Å². The van der Waals surface area contributed by atoms with E-state index in [0.717, 1.165) is 6.04 Å². The third kappa shape index (κ3) is 3.23. The predicted octanol–water partition coefficient (Wildman–Crippen LogP) is 3.42. The zero-order valence-electron chi connectivity index (χ0n) is 6.57. The molecule has 2 heteroatoms. The van der Waals surface area contributed by atoms with E-state index in [1.807, 2.05) is 11.4 Å². The second-order valence-corrected chi connectivity index (χ2v) is 7.72. The average molecular weight is 175 g/mol. The summed E-state index contributed by atoms with van der Waals surface area (Å²) in [6, 6.07) is 1.08. The van der Waals surface area contributed by atoms with Gasteiger partial charge in [0.25, 0.3) is 0 Å². The third-order valence-electron chi connectivity index (χ3n) is 1.59. The van der Waals surface area contributed by atoms with Gasteiger partial charge in [-0.3, -0.25) is 0 Å². The Labute approximate surface area is 69.3 Å². The van der Waals surface area contributed by atoms with Gasteiger partial charge in [-0.25, -0.2) is 0 Å². The van der Waals surface area contributed by atoms with Gasteiger partial charge in [0, 0.05) is 0 Å². The minimum absolute atomic E-state index is 1.08. The zero-order chi connectivity index (χ0) is 8.04. The van der Waals surface area contributed by atoms with Crippen LogP contribution in [0, 0.1) is 0 Å². The highest BCUT2D eigenvalue weighted by Gasteiger charge is 2.20. The van der Waals surface area contributed by atoms with E-state index in [1.165, 1.54) is 12.8 Å². The van der Waals surface area contributed by atoms with Gasteiger partial charge >= 0.3 is 0 Å². The molecule has 0 N–H and O–H groups in total. The van der Waals surface area contributed by atoms with Crippen LogP contribution in [0.5, 0.6) is 0 Å². The smallest absolute Gasteiger partial charge is 0.156 e. The lowest BCUT2D eigenvalue weighted by Gasteiger charge is -2.13. The van der Waals surface area contributed by atoms with E-state index in [2.05, 4.69) is 20.1 Å². The van der Waals surface area contributed by atoms with Gasteiger partial charge in [0.15, 0.2) is 0 Å². The highest BCUT2D eigenvalue weighted by Crippen LogP contribution is 2.20. The standard InChI is InChI=1S/C8H15ClSi/c1-4-7-8-10(9,5-2)6-3/h5-6H,2-4,7-8H2,1H3. The fourth-order valence-electron chi connectivity index (χ4n) is 0.735. The number of rotatable bonds is 5. The van der Waals surface area contributed by atoms with Gasteiger partial charge < -0.3 is 0 Å². The summed E-state index contributed by atoms with van der Waals surface area (Å²) in [6.45, 7) is 9.59. The molecule has 0 saturated carbocycles. The molecule has 0 saturated heterocycles. The maximum atomic E-state index is 6.19. The van der Waals surface area contributed by atoms with Crippen LogP contribution in [0.2, 0.25) is 6.04 Å². The van der Waals surface area contributed by atoms with Crippen LogP contribution < -0.4 is 0 Å². The van der Waals surface area contributed by atoms with Crippen LogP contribution in [0.4, 0.5) is 0 Å². The van der Waals surface area contributed by atoms with Crippen LogP contribution in [-0.2, 0) is 0 Å². The van der Waals surface area contributed by atoms with Crippen molar-refractivity contribution in [1.29, 1.82) is 0 Å². The largest absolute Gasteiger partial charge is 0.202 e. The molecular formula is C8H15ClSi. The van der Waals surface area contributed by atoms with Gasteiger partial charge in [-0.05, 0) is 6.04 Å². The SMILES string of the molecule is C=C[Si](Cl)(C=C)CCCC. The van der Waals surface area contributed by atoms with E-state index in [0.29, 0.717) is 0 Å². The Balaban J connectivity index is 3.80. The zero-order valence-corrected chi connectivity index (χ0v) is 8.32. The topological polar surface area (TPSA) is 0 Å². The van der Waals surface area contributed by atoms with Gasteiger partial charge in [-0.15, -0.1) is 13.2 Å². The first-order valence-electron chi connectivity index (χ1n) is 3.64. The summed E-state index contributed by atoms with van der Waals surface area (Å²) in [5.74, 6) is 0. The number of halogens is 1. The van der Waals surface area contributed by atoms with Crippen molar-refractivity contribution in [3.05, 3.63) is 24.6 Å². The monoisotopic (exact) mass is 174 g/mol. The van der Waals surface area contributed by atoms with Gasteiger partial charge in [0.1, 0.15) is 0 Å². The number of hydrogen-bond acceptors (Lipinski definition) is 0. The van der Waals surface area contributed by atoms with E-state index in [-0.39, 0.29) is 0 Å². The minimum Gasteiger partial charge on any atom is -0.156 e. The minimum atomic E-state index is -1.72. The molecule has 0 nitrogen and oxygen atoms in total. The summed E-state index contributed by atoms with van der Waals surface area (Å²) < 4.78 is 0. The van der Waals surface area contributed by atoms with Crippen molar-refractivity contribution in [2.45, 2.75) is 25.8 Å². The molecular weight excluding hydrogens is 160 g/mol. The molecule has 0 aromatic heterocycles. The number of unbranched alkanes of at least 4 members (excludes halogenated alkanes) is 1. The summed E-state index contributed by atoms with van der Waals surface area (Å²) >= 11 is 6.19. The third-order valence-corrected chi connectivity index (χ3v) is 5.56. The molecule has 0 atom stereocenters. The van der Waals surface area contributed by atoms with Crippen molar-refractivity contribution in [2.75, 3.05) is 0 Å². The van der Waals surface area contributed by atoms with Gasteiger partial charge in [-0.1, -0.05) is 31.2 Å². The van der Waals surface area contributed by atoms with Crippen molar-refractivity contribution in [3.8, 4) is 0 Å². The van der Waals surface area contributed by atoms with Crippen molar-refractivity contribution in [2.24, 2.45) is 0 Å². The molecule has 0 rings (SSSR count). The Morgan fingerprint density at radius 3 is 2.20 bits per heavy atom. The van der Waals surface area contributed by atoms with E-state index in [4.69, 9.17) is 11.1 Å². The molecule has 0 aliphatic carbocycles. The first-order valence-corrected chi connectivity index (χ1v) is 7.02. The highest BCUT2D eigenvalue weighted by atomic mass is 35.6. The van der Waals surface area contributed by atoms with E-state index < -0.39 is 7.38 Å². The highest BCUT2D eigenvalue weighted by molar-refractivity contribution is 7.25. The lowest BCUT2D eigenvalue weighted by Crippen LogP contribution is -2.20. The lowest BCUT2D eigenvalue weighted by molar-refractivity contribution is 0.876. The molecule has 0 amide bonds. The normalized spacial score (nSPS) is 11.0. The molecule has 0 unspecified atom stereocenters. The van der Waals surface area contributed by atoms with Gasteiger partial charge in [0.05, 0.1) is 0 Å². The fraction of sp³-hybridized carbons (Fsp3) is 0.500. The molecule has 10 heavy (non-hydrogen) atoms. The van der Waals surface area contributed by atoms with Crippen LogP contribution in [-0.4, -0.2) is 7.38 Å². The summed E-state index contributed by atoms with van der Waals surface area (Å²) in [7, 11) is -1.72. The van der Waals surface area contributed by atoms with Crippen molar-refractivity contribution in [3.63, 3.8) is 0 Å². The second-order valence-electron chi connectivity index (χ2n) is 2.44. The molecule has 0 spiro atoms. The Hall–Kier alpha value is -0.0131. The Morgan fingerprint density at radius 2 is 1.90 bits per heavy atom. The Kier molecular flexibility index (Phi) is 4.74. The first kappa shape index (κ1) is 9.99. The van der Waals surface area contributed by atoms with E-state index in [9.17, 15) is 0 Å². The Morgan fingerprint density at radius 1 is 1.40 bits per heavy atom. The van der Waals surface area contributed by atoms with Crippen molar-refractivity contribution in [1.82, 2.24) is 0 Å². The first-order chi connectivity index (χ1) is 4.68. The Bertz CT molecular complexity index is 112. The molecule has 0 bridgehead atoms. The maximum absolute atomic E-state index is 6.19. The van der Waals surface area contributed by atoms with E-state index >= 15 is 0 Å². The van der Waals surface area contributed by atoms with E-state index in [1.54, 1.807) is 0 Å². The van der Waals surface area contributed by atoms with Crippen LogP contribution in [0.15, 0.2) is 24.6 Å². The molecule has 0 radical (unpaired) electrons. The quantitative estimate of drug-likeness (QED) is 0.443. The average Bonchev–Trinajstić information content (AvgIpc) is 2.00. The van der Waals surface area contributed by atoms with Crippen molar-refractivity contribution < 1.29 is 0 Å². The molecule has 0 fully saturated rings. The fourth-order valence-corrected chi connectivity index (χ4v) is 2.61. The molecule has 0 aromatic rings. The molecule has 0 aliphatic rings. The van der Waals surface area contributed by atoms with Crippen LogP contribution >= 0.6 is 11.1 Å². The summed E-state index contributed by atoms with van der Waals surface area (Å²) in [4.78, 5) is 0. The summed E-state index contributed by atoms with van der Waals surface area (Å²) in [5, 5.41) is 0. The molecule has 0 heterocycles. The number of hydrogen-bond donors (Lipinski definition) is 0.